The number of sulfonamides is 1. The summed E-state index contributed by atoms with van der Waals surface area (Å²) in [6, 6.07) is 0.603. The molecule has 0 aliphatic carbocycles. The first-order valence-corrected chi connectivity index (χ1v) is 5.15. The fraction of sp³-hybridized carbons (Fsp3) is 0.167. The van der Waals surface area contributed by atoms with E-state index in [4.69, 9.17) is 16.6 Å². The number of primary sulfonamides is 1. The number of pyridine rings is 1. The maximum Gasteiger partial charge on any atom is 0.266 e. The van der Waals surface area contributed by atoms with Crippen LogP contribution in [0.4, 0.5) is 20.3 Å². The summed E-state index contributed by atoms with van der Waals surface area (Å²) < 4.78 is 46.4. The van der Waals surface area contributed by atoms with E-state index in [1.807, 2.05) is 0 Å². The Morgan fingerprint density at radius 3 is 2.27 bits per heavy atom. The van der Waals surface area contributed by atoms with Crippen molar-refractivity contribution in [3.8, 4) is 0 Å². The Morgan fingerprint density at radius 2 is 1.87 bits per heavy atom. The molecule has 0 saturated heterocycles. The number of nitrogens with zero attached hydrogens (tertiary/aromatic N) is 1. The maximum absolute atomic E-state index is 12.4. The van der Waals surface area contributed by atoms with Gasteiger partial charge in [-0.1, -0.05) is 0 Å². The van der Waals surface area contributed by atoms with E-state index >= 15 is 0 Å². The minimum Gasteiger partial charge on any atom is -0.395 e. The third kappa shape index (κ3) is 2.30. The Labute approximate surface area is 84.1 Å². The predicted molar refractivity (Wildman–Crippen MR) is 49.4 cm³/mol. The van der Waals surface area contributed by atoms with Crippen LogP contribution in [-0.2, 0) is 10.0 Å². The Bertz CT molecular complexity index is 488. The van der Waals surface area contributed by atoms with Crippen molar-refractivity contribution >= 4 is 21.5 Å². The number of anilines is 2. The average molecular weight is 238 g/mol. The Kier molecular flexibility index (Phi) is 2.77. The second kappa shape index (κ2) is 3.59. The highest BCUT2D eigenvalue weighted by Crippen LogP contribution is 2.29. The number of alkyl halides is 2. The lowest BCUT2D eigenvalue weighted by Crippen LogP contribution is -2.16. The van der Waals surface area contributed by atoms with Crippen LogP contribution in [0, 0.1) is 0 Å². The van der Waals surface area contributed by atoms with Crippen LogP contribution in [0.25, 0.3) is 0 Å². The number of rotatable bonds is 2. The van der Waals surface area contributed by atoms with Gasteiger partial charge in [0.15, 0.2) is 5.03 Å². The SMILES string of the molecule is Nc1nc(S(N)(=O)=O)cc(C(F)F)c1N. The van der Waals surface area contributed by atoms with Crippen LogP contribution in [0.5, 0.6) is 0 Å². The first-order valence-electron chi connectivity index (χ1n) is 3.60. The van der Waals surface area contributed by atoms with E-state index in [0.717, 1.165) is 0 Å². The van der Waals surface area contributed by atoms with Gasteiger partial charge in [0.05, 0.1) is 5.69 Å². The van der Waals surface area contributed by atoms with Crippen LogP contribution >= 0.6 is 0 Å². The zero-order chi connectivity index (χ0) is 11.8. The average Bonchev–Trinajstić information content (AvgIpc) is 2.06. The lowest BCUT2D eigenvalue weighted by molar-refractivity contribution is 0.152. The van der Waals surface area contributed by atoms with Gasteiger partial charge in [-0.15, -0.1) is 0 Å². The molecule has 84 valence electrons. The zero-order valence-electron chi connectivity index (χ0n) is 7.31. The topological polar surface area (TPSA) is 125 Å². The van der Waals surface area contributed by atoms with Crippen LogP contribution in [0.2, 0.25) is 0 Å². The lowest BCUT2D eigenvalue weighted by atomic mass is 10.2. The van der Waals surface area contributed by atoms with Gasteiger partial charge in [0.25, 0.3) is 16.4 Å². The Morgan fingerprint density at radius 1 is 1.33 bits per heavy atom. The van der Waals surface area contributed by atoms with Crippen molar-refractivity contribution < 1.29 is 17.2 Å². The molecule has 1 aromatic heterocycles. The number of halogens is 2. The van der Waals surface area contributed by atoms with E-state index < -0.39 is 38.5 Å². The van der Waals surface area contributed by atoms with E-state index in [9.17, 15) is 17.2 Å². The van der Waals surface area contributed by atoms with Gasteiger partial charge in [-0.05, 0) is 6.07 Å². The molecule has 0 saturated carbocycles. The summed E-state index contributed by atoms with van der Waals surface area (Å²) in [5.41, 5.74) is 9.21. The second-order valence-electron chi connectivity index (χ2n) is 2.69. The Balaban J connectivity index is 3.50. The molecule has 0 amide bonds. The van der Waals surface area contributed by atoms with Crippen molar-refractivity contribution in [2.75, 3.05) is 11.5 Å². The largest absolute Gasteiger partial charge is 0.395 e. The fourth-order valence-corrected chi connectivity index (χ4v) is 1.41. The van der Waals surface area contributed by atoms with Gasteiger partial charge < -0.3 is 11.5 Å². The van der Waals surface area contributed by atoms with E-state index in [2.05, 4.69) is 4.98 Å². The van der Waals surface area contributed by atoms with Crippen LogP contribution in [0.15, 0.2) is 11.1 Å². The quantitative estimate of drug-likeness (QED) is 0.659. The molecular weight excluding hydrogens is 230 g/mol. The summed E-state index contributed by atoms with van der Waals surface area (Å²) in [6.07, 6.45) is -2.95. The van der Waals surface area contributed by atoms with Crippen molar-refractivity contribution in [3.05, 3.63) is 11.6 Å². The maximum atomic E-state index is 12.4. The molecule has 1 aromatic rings. The summed E-state index contributed by atoms with van der Waals surface area (Å²) >= 11 is 0. The fourth-order valence-electron chi connectivity index (χ4n) is 0.896. The van der Waals surface area contributed by atoms with Crippen molar-refractivity contribution in [1.29, 1.82) is 0 Å². The Hall–Kier alpha value is -1.48. The molecule has 15 heavy (non-hydrogen) atoms. The summed E-state index contributed by atoms with van der Waals surface area (Å²) in [6.45, 7) is 0. The lowest BCUT2D eigenvalue weighted by Gasteiger charge is -2.08. The van der Waals surface area contributed by atoms with Crippen LogP contribution in [-0.4, -0.2) is 13.4 Å². The minimum atomic E-state index is -4.18. The molecular formula is C6H8F2N4O2S. The predicted octanol–water partition coefficient (Wildman–Crippen LogP) is -0.169. The van der Waals surface area contributed by atoms with Gasteiger partial charge in [0.2, 0.25) is 0 Å². The molecule has 6 nitrogen and oxygen atoms in total. The monoisotopic (exact) mass is 238 g/mol. The molecule has 0 aromatic carbocycles. The summed E-state index contributed by atoms with van der Waals surface area (Å²) in [5, 5.41) is 3.98. The molecule has 0 bridgehead atoms. The van der Waals surface area contributed by atoms with Crippen LogP contribution < -0.4 is 16.6 Å². The van der Waals surface area contributed by atoms with Crippen LogP contribution in [0.1, 0.15) is 12.0 Å². The summed E-state index contributed by atoms with van der Waals surface area (Å²) in [4.78, 5) is 3.29. The first-order chi connectivity index (χ1) is 6.73. The van der Waals surface area contributed by atoms with Crippen molar-refractivity contribution in [2.45, 2.75) is 11.5 Å². The van der Waals surface area contributed by atoms with E-state index in [0.29, 0.717) is 6.07 Å². The molecule has 0 aliphatic rings. The molecule has 0 fully saturated rings. The van der Waals surface area contributed by atoms with Gasteiger partial charge >= 0.3 is 0 Å². The zero-order valence-corrected chi connectivity index (χ0v) is 8.13. The molecule has 0 atom stereocenters. The third-order valence-corrected chi connectivity index (χ3v) is 2.42. The third-order valence-electron chi connectivity index (χ3n) is 1.62. The van der Waals surface area contributed by atoms with Gasteiger partial charge in [-0.25, -0.2) is 27.3 Å². The van der Waals surface area contributed by atoms with Gasteiger partial charge in [0, 0.05) is 5.56 Å². The highest BCUT2D eigenvalue weighted by Gasteiger charge is 2.20. The van der Waals surface area contributed by atoms with Crippen molar-refractivity contribution in [1.82, 2.24) is 4.98 Å². The van der Waals surface area contributed by atoms with E-state index in [-0.39, 0.29) is 0 Å². The number of hydrogen-bond acceptors (Lipinski definition) is 5. The normalized spacial score (nSPS) is 12.0. The second-order valence-corrected chi connectivity index (χ2v) is 4.20. The highest BCUT2D eigenvalue weighted by molar-refractivity contribution is 7.89. The molecule has 0 radical (unpaired) electrons. The molecule has 1 rings (SSSR count). The van der Waals surface area contributed by atoms with Gasteiger partial charge in [0.1, 0.15) is 5.82 Å². The molecule has 0 aliphatic heterocycles. The first kappa shape index (κ1) is 11.6. The summed E-state index contributed by atoms with van der Waals surface area (Å²) in [5.74, 6) is -0.489. The molecule has 0 spiro atoms. The van der Waals surface area contributed by atoms with E-state index in [1.54, 1.807) is 0 Å². The molecule has 9 heteroatoms. The standard InChI is InChI=1S/C6H8F2N4O2S/c7-5(8)2-1-3(15(11,13)14)12-6(10)4(2)9/h1,5H,9H2,(H2,10,12)(H2,11,13,14). The van der Waals surface area contributed by atoms with Crippen molar-refractivity contribution in [3.63, 3.8) is 0 Å². The number of nitrogens with two attached hydrogens (primary N) is 3. The van der Waals surface area contributed by atoms with E-state index in [1.165, 1.54) is 0 Å². The minimum absolute atomic E-state index is 0.447. The molecule has 6 N–H and O–H groups in total. The van der Waals surface area contributed by atoms with Crippen molar-refractivity contribution in [2.24, 2.45) is 5.14 Å². The smallest absolute Gasteiger partial charge is 0.266 e. The molecule has 1 heterocycles. The number of hydrogen-bond donors (Lipinski definition) is 3. The number of nitrogen functional groups attached to an aromatic ring is 2. The van der Waals surface area contributed by atoms with Gasteiger partial charge in [-0.3, -0.25) is 0 Å². The highest BCUT2D eigenvalue weighted by atomic mass is 32.2. The molecule has 0 unspecified atom stereocenters. The summed E-state index contributed by atoms with van der Waals surface area (Å²) in [7, 11) is -4.18. The van der Waals surface area contributed by atoms with Crippen LogP contribution in [0.3, 0.4) is 0 Å². The van der Waals surface area contributed by atoms with Gasteiger partial charge in [-0.2, -0.15) is 0 Å². The number of aromatic nitrogens is 1.